The maximum absolute atomic E-state index is 6.26. The van der Waals surface area contributed by atoms with Gasteiger partial charge in [-0.25, -0.2) is 0 Å². The van der Waals surface area contributed by atoms with Crippen LogP contribution in [0.1, 0.15) is 54.5 Å². The number of fused-ring (bicyclic) bond motifs is 1. The van der Waals surface area contributed by atoms with Gasteiger partial charge in [-0.2, -0.15) is 0 Å². The van der Waals surface area contributed by atoms with E-state index in [4.69, 9.17) is 5.73 Å². The molecule has 0 amide bonds. The molecular formula is C18H26N2. The second kappa shape index (κ2) is 4.92. The second-order valence-corrected chi connectivity index (χ2v) is 6.62. The Morgan fingerprint density at radius 3 is 2.35 bits per heavy atom. The molecule has 0 atom stereocenters. The van der Waals surface area contributed by atoms with Crippen LogP contribution in [0, 0.1) is 20.8 Å². The number of nitrogens with one attached hydrogen (secondary N) is 1. The van der Waals surface area contributed by atoms with E-state index in [9.17, 15) is 0 Å². The number of aromatic amines is 1. The SMILES string of the molecule is Cc1[nH]c2c(C)ccc(C)c2c1C1(CN)CCCCC1. The molecule has 108 valence electrons. The van der Waals surface area contributed by atoms with Crippen LogP contribution in [0.25, 0.3) is 10.9 Å². The summed E-state index contributed by atoms with van der Waals surface area (Å²) in [5.74, 6) is 0. The fourth-order valence-electron chi connectivity index (χ4n) is 4.18. The number of rotatable bonds is 2. The summed E-state index contributed by atoms with van der Waals surface area (Å²) >= 11 is 0. The molecule has 1 heterocycles. The zero-order valence-electron chi connectivity index (χ0n) is 13.0. The average molecular weight is 270 g/mol. The molecule has 2 nitrogen and oxygen atoms in total. The smallest absolute Gasteiger partial charge is 0.0491 e. The lowest BCUT2D eigenvalue weighted by atomic mass is 9.68. The van der Waals surface area contributed by atoms with Crippen molar-refractivity contribution in [1.29, 1.82) is 0 Å². The van der Waals surface area contributed by atoms with E-state index in [0.717, 1.165) is 6.54 Å². The predicted octanol–water partition coefficient (Wildman–Crippen LogP) is 4.25. The van der Waals surface area contributed by atoms with Gasteiger partial charge in [-0.3, -0.25) is 0 Å². The molecule has 20 heavy (non-hydrogen) atoms. The van der Waals surface area contributed by atoms with Gasteiger partial charge >= 0.3 is 0 Å². The minimum Gasteiger partial charge on any atom is -0.358 e. The van der Waals surface area contributed by atoms with Gasteiger partial charge in [0.1, 0.15) is 0 Å². The largest absolute Gasteiger partial charge is 0.358 e. The van der Waals surface area contributed by atoms with Crippen molar-refractivity contribution in [3.05, 3.63) is 34.5 Å². The minimum absolute atomic E-state index is 0.194. The monoisotopic (exact) mass is 270 g/mol. The molecule has 0 unspecified atom stereocenters. The minimum atomic E-state index is 0.194. The van der Waals surface area contributed by atoms with Crippen LogP contribution in [0.3, 0.4) is 0 Å². The summed E-state index contributed by atoms with van der Waals surface area (Å²) < 4.78 is 0. The Bertz CT molecular complexity index is 630. The third-order valence-corrected chi connectivity index (χ3v) is 5.29. The predicted molar refractivity (Wildman–Crippen MR) is 86.3 cm³/mol. The van der Waals surface area contributed by atoms with Gasteiger partial charge in [-0.1, -0.05) is 31.4 Å². The van der Waals surface area contributed by atoms with Gasteiger partial charge in [0, 0.05) is 28.6 Å². The van der Waals surface area contributed by atoms with Crippen LogP contribution in [0.15, 0.2) is 12.1 Å². The van der Waals surface area contributed by atoms with Crippen molar-refractivity contribution >= 4 is 10.9 Å². The van der Waals surface area contributed by atoms with Crippen LogP contribution in [-0.4, -0.2) is 11.5 Å². The van der Waals surface area contributed by atoms with Crippen LogP contribution in [0.5, 0.6) is 0 Å². The molecule has 1 aromatic carbocycles. The Kier molecular flexibility index (Phi) is 3.37. The number of nitrogens with two attached hydrogens (primary N) is 1. The molecule has 1 fully saturated rings. The van der Waals surface area contributed by atoms with E-state index in [1.165, 1.54) is 65.4 Å². The first-order valence-electron chi connectivity index (χ1n) is 7.88. The molecule has 0 aliphatic heterocycles. The quantitative estimate of drug-likeness (QED) is 0.841. The van der Waals surface area contributed by atoms with Gasteiger partial charge in [0.05, 0.1) is 0 Å². The van der Waals surface area contributed by atoms with Gasteiger partial charge < -0.3 is 10.7 Å². The van der Waals surface area contributed by atoms with E-state index in [2.05, 4.69) is 37.9 Å². The van der Waals surface area contributed by atoms with Crippen LogP contribution in [0.2, 0.25) is 0 Å². The highest BCUT2D eigenvalue weighted by Gasteiger charge is 2.36. The van der Waals surface area contributed by atoms with Crippen molar-refractivity contribution in [1.82, 2.24) is 4.98 Å². The van der Waals surface area contributed by atoms with Crippen molar-refractivity contribution in [3.8, 4) is 0 Å². The Balaban J connectivity index is 2.29. The lowest BCUT2D eigenvalue weighted by molar-refractivity contribution is 0.301. The van der Waals surface area contributed by atoms with Crippen molar-refractivity contribution in [2.75, 3.05) is 6.54 Å². The molecular weight excluding hydrogens is 244 g/mol. The normalized spacial score (nSPS) is 18.6. The molecule has 1 aliphatic carbocycles. The van der Waals surface area contributed by atoms with E-state index in [1.807, 2.05) is 0 Å². The maximum Gasteiger partial charge on any atom is 0.0491 e. The molecule has 3 N–H and O–H groups in total. The Morgan fingerprint density at radius 2 is 1.70 bits per heavy atom. The molecule has 1 saturated carbocycles. The van der Waals surface area contributed by atoms with Crippen LogP contribution >= 0.6 is 0 Å². The van der Waals surface area contributed by atoms with E-state index < -0.39 is 0 Å². The summed E-state index contributed by atoms with van der Waals surface area (Å²) in [6, 6.07) is 4.47. The number of hydrogen-bond acceptors (Lipinski definition) is 1. The maximum atomic E-state index is 6.26. The van der Waals surface area contributed by atoms with Crippen LogP contribution < -0.4 is 5.73 Å². The number of H-pyrrole nitrogens is 1. The highest BCUT2D eigenvalue weighted by molar-refractivity contribution is 5.91. The molecule has 0 bridgehead atoms. The number of hydrogen-bond donors (Lipinski definition) is 2. The fraction of sp³-hybridized carbons (Fsp3) is 0.556. The molecule has 2 aromatic rings. The molecule has 2 heteroatoms. The summed E-state index contributed by atoms with van der Waals surface area (Å²) in [5, 5.41) is 1.44. The summed E-state index contributed by atoms with van der Waals surface area (Å²) in [6.45, 7) is 7.41. The lowest BCUT2D eigenvalue weighted by Gasteiger charge is -2.37. The third kappa shape index (κ3) is 1.89. The summed E-state index contributed by atoms with van der Waals surface area (Å²) in [7, 11) is 0. The van der Waals surface area contributed by atoms with Crippen molar-refractivity contribution in [2.45, 2.75) is 58.3 Å². The van der Waals surface area contributed by atoms with Crippen LogP contribution in [0.4, 0.5) is 0 Å². The van der Waals surface area contributed by atoms with E-state index in [-0.39, 0.29) is 5.41 Å². The van der Waals surface area contributed by atoms with Crippen molar-refractivity contribution in [3.63, 3.8) is 0 Å². The molecule has 0 saturated heterocycles. The number of aryl methyl sites for hydroxylation is 3. The zero-order chi connectivity index (χ0) is 14.3. The zero-order valence-corrected chi connectivity index (χ0v) is 13.0. The first-order valence-corrected chi connectivity index (χ1v) is 7.88. The summed E-state index contributed by atoms with van der Waals surface area (Å²) in [5.41, 5.74) is 13.3. The third-order valence-electron chi connectivity index (χ3n) is 5.29. The fourth-order valence-corrected chi connectivity index (χ4v) is 4.18. The number of benzene rings is 1. The standard InChI is InChI=1S/C18H26N2/c1-12-7-8-13(2)17-15(12)16(14(3)20-17)18(11-19)9-5-4-6-10-18/h7-8,20H,4-6,9-11,19H2,1-3H3. The first kappa shape index (κ1) is 13.7. The number of aromatic nitrogens is 1. The average Bonchev–Trinajstić information content (AvgIpc) is 2.83. The van der Waals surface area contributed by atoms with Crippen LogP contribution in [-0.2, 0) is 5.41 Å². The summed E-state index contributed by atoms with van der Waals surface area (Å²) in [6.07, 6.45) is 6.47. The highest BCUT2D eigenvalue weighted by atomic mass is 14.7. The topological polar surface area (TPSA) is 41.8 Å². The Labute approximate surface area is 121 Å². The molecule has 3 rings (SSSR count). The molecule has 0 spiro atoms. The van der Waals surface area contributed by atoms with Gasteiger partial charge in [0.15, 0.2) is 0 Å². The second-order valence-electron chi connectivity index (χ2n) is 6.62. The highest BCUT2D eigenvalue weighted by Crippen LogP contribution is 2.44. The van der Waals surface area contributed by atoms with Gasteiger partial charge in [-0.05, 0) is 50.3 Å². The molecule has 1 aliphatic rings. The van der Waals surface area contributed by atoms with Gasteiger partial charge in [0.2, 0.25) is 0 Å². The van der Waals surface area contributed by atoms with Crippen molar-refractivity contribution in [2.24, 2.45) is 5.73 Å². The lowest BCUT2D eigenvalue weighted by Crippen LogP contribution is -2.37. The van der Waals surface area contributed by atoms with E-state index >= 15 is 0 Å². The Morgan fingerprint density at radius 1 is 1.05 bits per heavy atom. The van der Waals surface area contributed by atoms with E-state index in [0.29, 0.717) is 0 Å². The van der Waals surface area contributed by atoms with Gasteiger partial charge in [-0.15, -0.1) is 0 Å². The summed E-state index contributed by atoms with van der Waals surface area (Å²) in [4.78, 5) is 3.64. The molecule has 1 aromatic heterocycles. The Hall–Kier alpha value is -1.28. The van der Waals surface area contributed by atoms with Crippen molar-refractivity contribution < 1.29 is 0 Å². The first-order chi connectivity index (χ1) is 9.59. The van der Waals surface area contributed by atoms with Gasteiger partial charge in [0.25, 0.3) is 0 Å². The molecule has 0 radical (unpaired) electrons. The van der Waals surface area contributed by atoms with E-state index in [1.54, 1.807) is 0 Å².